The Kier molecular flexibility index (Phi) is 4.79. The minimum absolute atomic E-state index is 0.0214. The van der Waals surface area contributed by atoms with Crippen LogP contribution in [0.1, 0.15) is 60.8 Å². The number of hydrogen-bond acceptors (Lipinski definition) is 0. The van der Waals surface area contributed by atoms with Gasteiger partial charge in [0.05, 0.1) is 0 Å². The lowest BCUT2D eigenvalue weighted by molar-refractivity contribution is 0.277. The van der Waals surface area contributed by atoms with E-state index in [0.29, 0.717) is 11.3 Å². The molecule has 0 bridgehead atoms. The molecule has 0 aliphatic heterocycles. The van der Waals surface area contributed by atoms with Crippen LogP contribution in [0.5, 0.6) is 0 Å². The van der Waals surface area contributed by atoms with Gasteiger partial charge in [-0.25, -0.2) is 0 Å². The highest BCUT2D eigenvalue weighted by atomic mass is 35.5. The van der Waals surface area contributed by atoms with E-state index in [1.807, 2.05) is 0 Å². The van der Waals surface area contributed by atoms with Gasteiger partial charge in [0.15, 0.2) is 0 Å². The Morgan fingerprint density at radius 3 is 1.85 bits per heavy atom. The van der Waals surface area contributed by atoms with Gasteiger partial charge >= 0.3 is 0 Å². The summed E-state index contributed by atoms with van der Waals surface area (Å²) in [5.74, 6) is 0.557. The summed E-state index contributed by atoms with van der Waals surface area (Å²) in [6, 6.07) is 0. The van der Waals surface area contributed by atoms with Gasteiger partial charge < -0.3 is 0 Å². The largest absolute Gasteiger partial charge is 0.119 e. The second-order valence-corrected chi connectivity index (χ2v) is 6.31. The van der Waals surface area contributed by atoms with E-state index in [0.717, 1.165) is 6.42 Å². The van der Waals surface area contributed by atoms with Crippen LogP contribution in [-0.2, 0) is 0 Å². The zero-order valence-corrected chi connectivity index (χ0v) is 10.8. The molecule has 0 aliphatic carbocycles. The molecule has 0 amide bonds. The van der Waals surface area contributed by atoms with Gasteiger partial charge in [0, 0.05) is 4.87 Å². The van der Waals surface area contributed by atoms with Crippen molar-refractivity contribution in [3.05, 3.63) is 0 Å². The monoisotopic (exact) mass is 204 g/mol. The molecule has 0 nitrogen and oxygen atoms in total. The van der Waals surface area contributed by atoms with Crippen LogP contribution in [0.3, 0.4) is 0 Å². The van der Waals surface area contributed by atoms with Crippen molar-refractivity contribution in [2.24, 2.45) is 11.3 Å². The van der Waals surface area contributed by atoms with Gasteiger partial charge in [-0.1, -0.05) is 41.0 Å². The standard InChI is InChI=1S/C12H25Cl/c1-7-11(4,5)8-9-12(6,13)10(2)3/h10H,7-9H2,1-6H3. The van der Waals surface area contributed by atoms with Crippen molar-refractivity contribution < 1.29 is 0 Å². The van der Waals surface area contributed by atoms with Gasteiger partial charge in [0.25, 0.3) is 0 Å². The Morgan fingerprint density at radius 2 is 1.54 bits per heavy atom. The summed E-state index contributed by atoms with van der Waals surface area (Å²) >= 11 is 6.43. The molecule has 0 N–H and O–H groups in total. The summed E-state index contributed by atoms with van der Waals surface area (Å²) in [5, 5.41) is 0. The molecule has 1 heteroatoms. The molecule has 1 unspecified atom stereocenters. The first-order valence-corrected chi connectivity index (χ1v) is 5.78. The summed E-state index contributed by atoms with van der Waals surface area (Å²) in [5.41, 5.74) is 0.449. The third kappa shape index (κ3) is 4.90. The number of alkyl halides is 1. The highest BCUT2D eigenvalue weighted by Gasteiger charge is 2.27. The van der Waals surface area contributed by atoms with Crippen LogP contribution in [-0.4, -0.2) is 4.87 Å². The molecule has 0 saturated carbocycles. The van der Waals surface area contributed by atoms with Gasteiger partial charge in [0.2, 0.25) is 0 Å². The summed E-state index contributed by atoms with van der Waals surface area (Å²) in [7, 11) is 0. The minimum Gasteiger partial charge on any atom is -0.119 e. The molecular formula is C12H25Cl. The molecule has 0 aromatic heterocycles. The van der Waals surface area contributed by atoms with Crippen molar-refractivity contribution in [3.8, 4) is 0 Å². The number of rotatable bonds is 5. The lowest BCUT2D eigenvalue weighted by Gasteiger charge is -2.31. The Morgan fingerprint density at radius 1 is 1.08 bits per heavy atom. The average molecular weight is 205 g/mol. The van der Waals surface area contributed by atoms with Crippen LogP contribution >= 0.6 is 11.6 Å². The van der Waals surface area contributed by atoms with E-state index in [1.165, 1.54) is 12.8 Å². The molecule has 0 saturated heterocycles. The normalized spacial score (nSPS) is 17.5. The fourth-order valence-electron chi connectivity index (χ4n) is 1.05. The lowest BCUT2D eigenvalue weighted by Crippen LogP contribution is -2.26. The second-order valence-electron chi connectivity index (χ2n) is 5.45. The Balaban J connectivity index is 4.02. The predicted molar refractivity (Wildman–Crippen MR) is 62.4 cm³/mol. The highest BCUT2D eigenvalue weighted by Crippen LogP contribution is 2.35. The van der Waals surface area contributed by atoms with Crippen LogP contribution in [0.4, 0.5) is 0 Å². The molecule has 0 radical (unpaired) electrons. The van der Waals surface area contributed by atoms with Gasteiger partial charge in [-0.2, -0.15) is 0 Å². The zero-order chi connectivity index (χ0) is 10.7. The smallest absolute Gasteiger partial charge is 0.0441 e. The van der Waals surface area contributed by atoms with Gasteiger partial charge in [0.1, 0.15) is 0 Å². The molecule has 13 heavy (non-hydrogen) atoms. The van der Waals surface area contributed by atoms with E-state index in [9.17, 15) is 0 Å². The lowest BCUT2D eigenvalue weighted by atomic mass is 9.80. The molecule has 0 aliphatic rings. The fourth-order valence-corrected chi connectivity index (χ4v) is 1.14. The Hall–Kier alpha value is 0.290. The average Bonchev–Trinajstić information content (AvgIpc) is 2.01. The van der Waals surface area contributed by atoms with E-state index in [1.54, 1.807) is 0 Å². The van der Waals surface area contributed by atoms with E-state index in [2.05, 4.69) is 41.5 Å². The topological polar surface area (TPSA) is 0 Å². The molecule has 0 fully saturated rings. The summed E-state index contributed by atoms with van der Waals surface area (Å²) in [6.45, 7) is 13.4. The van der Waals surface area contributed by atoms with Gasteiger partial charge in [-0.3, -0.25) is 0 Å². The first-order valence-electron chi connectivity index (χ1n) is 5.40. The van der Waals surface area contributed by atoms with E-state index >= 15 is 0 Å². The van der Waals surface area contributed by atoms with Crippen LogP contribution in [0.2, 0.25) is 0 Å². The van der Waals surface area contributed by atoms with Crippen molar-refractivity contribution >= 4 is 11.6 Å². The van der Waals surface area contributed by atoms with E-state index in [-0.39, 0.29) is 4.87 Å². The van der Waals surface area contributed by atoms with Crippen molar-refractivity contribution in [2.75, 3.05) is 0 Å². The van der Waals surface area contributed by atoms with Gasteiger partial charge in [-0.15, -0.1) is 11.6 Å². The Labute approximate surface area is 89.1 Å². The number of halogens is 1. The fraction of sp³-hybridized carbons (Fsp3) is 1.00. The van der Waals surface area contributed by atoms with Crippen molar-refractivity contribution in [1.82, 2.24) is 0 Å². The van der Waals surface area contributed by atoms with Crippen LogP contribution < -0.4 is 0 Å². The maximum absolute atomic E-state index is 6.43. The molecule has 0 aromatic rings. The van der Waals surface area contributed by atoms with Crippen molar-refractivity contribution in [3.63, 3.8) is 0 Å². The van der Waals surface area contributed by atoms with Crippen LogP contribution in [0, 0.1) is 11.3 Å². The molecule has 0 aromatic carbocycles. The van der Waals surface area contributed by atoms with E-state index < -0.39 is 0 Å². The summed E-state index contributed by atoms with van der Waals surface area (Å²) in [6.07, 6.45) is 3.58. The number of hydrogen-bond donors (Lipinski definition) is 0. The Bertz CT molecular complexity index is 145. The maximum atomic E-state index is 6.43. The summed E-state index contributed by atoms with van der Waals surface area (Å²) < 4.78 is 0. The van der Waals surface area contributed by atoms with E-state index in [4.69, 9.17) is 11.6 Å². The minimum atomic E-state index is -0.0214. The van der Waals surface area contributed by atoms with Crippen molar-refractivity contribution in [1.29, 1.82) is 0 Å². The zero-order valence-electron chi connectivity index (χ0n) is 10.1. The van der Waals surface area contributed by atoms with Crippen LogP contribution in [0.25, 0.3) is 0 Å². The molecular weight excluding hydrogens is 180 g/mol. The SMILES string of the molecule is CCC(C)(C)CCC(C)(Cl)C(C)C. The molecule has 0 spiro atoms. The quantitative estimate of drug-likeness (QED) is 0.562. The third-order valence-corrected chi connectivity index (χ3v) is 4.08. The molecule has 0 rings (SSSR count). The third-order valence-electron chi connectivity index (χ3n) is 3.45. The molecule has 0 heterocycles. The predicted octanol–water partition coefficient (Wildman–Crippen LogP) is 4.86. The van der Waals surface area contributed by atoms with Gasteiger partial charge in [-0.05, 0) is 31.1 Å². The first-order chi connectivity index (χ1) is 5.71. The highest BCUT2D eigenvalue weighted by molar-refractivity contribution is 6.23. The summed E-state index contributed by atoms with van der Waals surface area (Å²) in [4.78, 5) is -0.0214. The molecule has 80 valence electrons. The first kappa shape index (κ1) is 13.3. The molecule has 1 atom stereocenters. The second kappa shape index (κ2) is 4.68. The van der Waals surface area contributed by atoms with Crippen LogP contribution in [0.15, 0.2) is 0 Å². The van der Waals surface area contributed by atoms with Crippen molar-refractivity contribution in [2.45, 2.75) is 65.7 Å². The maximum Gasteiger partial charge on any atom is 0.0441 e.